The Morgan fingerprint density at radius 3 is 2.89 bits per heavy atom. The lowest BCUT2D eigenvalue weighted by molar-refractivity contribution is 0.0631. The van der Waals surface area contributed by atoms with Crippen LogP contribution in [0.5, 0.6) is 0 Å². The van der Waals surface area contributed by atoms with Gasteiger partial charge in [0.05, 0.1) is 6.10 Å². The molecule has 1 saturated heterocycles. The smallest absolute Gasteiger partial charge is 0.127 e. The molecule has 1 aromatic rings. The number of halogens is 2. The lowest BCUT2D eigenvalue weighted by atomic mass is 9.93. The van der Waals surface area contributed by atoms with Gasteiger partial charge in [-0.25, -0.2) is 4.39 Å². The number of likely N-dealkylation sites (N-methyl/N-ethyl adjacent to an activating group) is 1. The van der Waals surface area contributed by atoms with E-state index in [-0.39, 0.29) is 18.0 Å². The van der Waals surface area contributed by atoms with E-state index < -0.39 is 0 Å². The standard InChI is InChI=1S/C14H19ClFNO/c1-9-5-6-18-14(9)13(17-2)7-10-3-4-11(15)8-12(10)16/h3-4,8-9,13-14,17H,5-7H2,1-2H3. The minimum Gasteiger partial charge on any atom is -0.376 e. The highest BCUT2D eigenvalue weighted by Gasteiger charge is 2.31. The predicted molar refractivity (Wildman–Crippen MR) is 71.5 cm³/mol. The van der Waals surface area contributed by atoms with Crippen LogP contribution in [0.15, 0.2) is 18.2 Å². The van der Waals surface area contributed by atoms with Crippen LogP contribution in [0.1, 0.15) is 18.9 Å². The van der Waals surface area contributed by atoms with Crippen molar-refractivity contribution in [2.45, 2.75) is 31.9 Å². The summed E-state index contributed by atoms with van der Waals surface area (Å²) in [5, 5.41) is 3.67. The molecule has 0 aliphatic carbocycles. The number of ether oxygens (including phenoxy) is 1. The molecular formula is C14H19ClFNO. The van der Waals surface area contributed by atoms with E-state index in [0.717, 1.165) is 13.0 Å². The first-order valence-corrected chi connectivity index (χ1v) is 6.72. The Morgan fingerprint density at radius 1 is 1.56 bits per heavy atom. The maximum atomic E-state index is 13.8. The molecule has 0 amide bonds. The Kier molecular flexibility index (Phi) is 4.60. The first kappa shape index (κ1) is 13.8. The second kappa shape index (κ2) is 6.00. The van der Waals surface area contributed by atoms with Gasteiger partial charge in [-0.1, -0.05) is 24.6 Å². The summed E-state index contributed by atoms with van der Waals surface area (Å²) >= 11 is 5.76. The van der Waals surface area contributed by atoms with Crippen LogP contribution in [-0.2, 0) is 11.2 Å². The summed E-state index contributed by atoms with van der Waals surface area (Å²) in [6.07, 6.45) is 1.85. The van der Waals surface area contributed by atoms with Gasteiger partial charge < -0.3 is 10.1 Å². The Morgan fingerprint density at radius 2 is 2.33 bits per heavy atom. The number of rotatable bonds is 4. The van der Waals surface area contributed by atoms with Crippen molar-refractivity contribution >= 4 is 11.6 Å². The molecule has 3 unspecified atom stereocenters. The third kappa shape index (κ3) is 3.02. The van der Waals surface area contributed by atoms with Crippen molar-refractivity contribution in [3.05, 3.63) is 34.6 Å². The number of hydrogen-bond donors (Lipinski definition) is 1. The van der Waals surface area contributed by atoms with E-state index in [1.807, 2.05) is 7.05 Å². The van der Waals surface area contributed by atoms with Crippen molar-refractivity contribution in [3.63, 3.8) is 0 Å². The molecule has 1 fully saturated rings. The molecular weight excluding hydrogens is 253 g/mol. The van der Waals surface area contributed by atoms with Crippen molar-refractivity contribution in [1.82, 2.24) is 5.32 Å². The van der Waals surface area contributed by atoms with Crippen molar-refractivity contribution in [3.8, 4) is 0 Å². The predicted octanol–water partition coefficient (Wildman–Crippen LogP) is 3.03. The fourth-order valence-electron chi connectivity index (χ4n) is 2.54. The molecule has 3 atom stereocenters. The molecule has 4 heteroatoms. The Labute approximate surface area is 112 Å². The Bertz CT molecular complexity index is 413. The van der Waals surface area contributed by atoms with E-state index in [1.54, 1.807) is 12.1 Å². The van der Waals surface area contributed by atoms with Gasteiger partial charge in [0.1, 0.15) is 5.82 Å². The van der Waals surface area contributed by atoms with Crippen LogP contribution in [-0.4, -0.2) is 25.8 Å². The number of hydrogen-bond acceptors (Lipinski definition) is 2. The molecule has 2 rings (SSSR count). The summed E-state index contributed by atoms with van der Waals surface area (Å²) < 4.78 is 19.5. The summed E-state index contributed by atoms with van der Waals surface area (Å²) in [7, 11) is 1.90. The second-order valence-electron chi connectivity index (χ2n) is 4.94. The average Bonchev–Trinajstić information content (AvgIpc) is 2.75. The summed E-state index contributed by atoms with van der Waals surface area (Å²) in [6.45, 7) is 2.98. The fourth-order valence-corrected chi connectivity index (χ4v) is 2.70. The van der Waals surface area contributed by atoms with Gasteiger partial charge in [-0.15, -0.1) is 0 Å². The summed E-state index contributed by atoms with van der Waals surface area (Å²) in [6, 6.07) is 4.98. The normalized spacial score (nSPS) is 25.3. The largest absolute Gasteiger partial charge is 0.376 e. The molecule has 0 bridgehead atoms. The number of benzene rings is 1. The SMILES string of the molecule is CNC(Cc1ccc(Cl)cc1F)C1OCCC1C. The van der Waals surface area contributed by atoms with E-state index in [9.17, 15) is 4.39 Å². The molecule has 1 heterocycles. The van der Waals surface area contributed by atoms with Crippen molar-refractivity contribution in [2.24, 2.45) is 5.92 Å². The van der Waals surface area contributed by atoms with Gasteiger partial charge in [-0.05, 0) is 43.5 Å². The molecule has 0 radical (unpaired) electrons. The van der Waals surface area contributed by atoms with Crippen LogP contribution in [0.4, 0.5) is 4.39 Å². The zero-order valence-electron chi connectivity index (χ0n) is 10.7. The molecule has 0 spiro atoms. The zero-order chi connectivity index (χ0) is 13.1. The fraction of sp³-hybridized carbons (Fsp3) is 0.571. The van der Waals surface area contributed by atoms with Crippen LogP contribution in [0.25, 0.3) is 0 Å². The molecule has 1 aliphatic rings. The van der Waals surface area contributed by atoms with Gasteiger partial charge in [-0.3, -0.25) is 0 Å². The van der Waals surface area contributed by atoms with Crippen LogP contribution >= 0.6 is 11.6 Å². The molecule has 2 nitrogen and oxygen atoms in total. The molecule has 1 aromatic carbocycles. The van der Waals surface area contributed by atoms with Gasteiger partial charge >= 0.3 is 0 Å². The van der Waals surface area contributed by atoms with E-state index in [1.165, 1.54) is 6.07 Å². The Hall–Kier alpha value is -0.640. The molecule has 1 N–H and O–H groups in total. The van der Waals surface area contributed by atoms with Gasteiger partial charge in [0.15, 0.2) is 0 Å². The quantitative estimate of drug-likeness (QED) is 0.909. The highest BCUT2D eigenvalue weighted by Crippen LogP contribution is 2.25. The van der Waals surface area contributed by atoms with Crippen LogP contribution in [0, 0.1) is 11.7 Å². The lowest BCUT2D eigenvalue weighted by Gasteiger charge is -2.26. The maximum absolute atomic E-state index is 13.8. The maximum Gasteiger partial charge on any atom is 0.127 e. The average molecular weight is 272 g/mol. The van der Waals surface area contributed by atoms with Gasteiger partial charge in [0, 0.05) is 17.7 Å². The third-order valence-electron chi connectivity index (χ3n) is 3.67. The van der Waals surface area contributed by atoms with Crippen LogP contribution < -0.4 is 5.32 Å². The van der Waals surface area contributed by atoms with Crippen LogP contribution in [0.2, 0.25) is 5.02 Å². The summed E-state index contributed by atoms with van der Waals surface area (Å²) in [5.41, 5.74) is 0.682. The molecule has 0 aromatic heterocycles. The molecule has 0 saturated carbocycles. The Balaban J connectivity index is 2.10. The van der Waals surface area contributed by atoms with E-state index in [0.29, 0.717) is 22.9 Å². The van der Waals surface area contributed by atoms with Crippen molar-refractivity contribution in [1.29, 1.82) is 0 Å². The van der Waals surface area contributed by atoms with Crippen molar-refractivity contribution < 1.29 is 9.13 Å². The van der Waals surface area contributed by atoms with E-state index in [2.05, 4.69) is 12.2 Å². The molecule has 1 aliphatic heterocycles. The third-order valence-corrected chi connectivity index (χ3v) is 3.90. The van der Waals surface area contributed by atoms with Gasteiger partial charge in [-0.2, -0.15) is 0 Å². The molecule has 100 valence electrons. The van der Waals surface area contributed by atoms with Gasteiger partial charge in [0.25, 0.3) is 0 Å². The van der Waals surface area contributed by atoms with E-state index >= 15 is 0 Å². The number of nitrogens with one attached hydrogen (secondary N) is 1. The topological polar surface area (TPSA) is 21.3 Å². The summed E-state index contributed by atoms with van der Waals surface area (Å²) in [4.78, 5) is 0. The molecule has 18 heavy (non-hydrogen) atoms. The monoisotopic (exact) mass is 271 g/mol. The zero-order valence-corrected chi connectivity index (χ0v) is 11.5. The first-order valence-electron chi connectivity index (χ1n) is 6.34. The summed E-state index contributed by atoms with van der Waals surface area (Å²) in [5.74, 6) is 0.270. The van der Waals surface area contributed by atoms with E-state index in [4.69, 9.17) is 16.3 Å². The first-order chi connectivity index (χ1) is 8.61. The second-order valence-corrected chi connectivity index (χ2v) is 5.37. The highest BCUT2D eigenvalue weighted by molar-refractivity contribution is 6.30. The van der Waals surface area contributed by atoms with Gasteiger partial charge in [0.2, 0.25) is 0 Å². The van der Waals surface area contributed by atoms with Crippen molar-refractivity contribution in [2.75, 3.05) is 13.7 Å². The minimum absolute atomic E-state index is 0.137. The highest BCUT2D eigenvalue weighted by atomic mass is 35.5. The van der Waals surface area contributed by atoms with Crippen LogP contribution in [0.3, 0.4) is 0 Å². The minimum atomic E-state index is -0.242. The lowest BCUT2D eigenvalue weighted by Crippen LogP contribution is -2.42.